The van der Waals surface area contributed by atoms with Gasteiger partial charge in [0.1, 0.15) is 11.5 Å². The Morgan fingerprint density at radius 1 is 1.05 bits per heavy atom. The number of benzene rings is 2. The third-order valence-corrected chi connectivity index (χ3v) is 3.47. The summed E-state index contributed by atoms with van der Waals surface area (Å²) < 4.78 is 10.5. The lowest BCUT2D eigenvalue weighted by molar-refractivity contribution is -0.116. The SMILES string of the molecule is COc1cc(CCC(=O)Nc2ccccc2C)cc(OC)c1. The zero-order chi connectivity index (χ0) is 15.9. The molecule has 116 valence electrons. The highest BCUT2D eigenvalue weighted by molar-refractivity contribution is 5.91. The Hall–Kier alpha value is -2.49. The first-order chi connectivity index (χ1) is 10.6. The molecule has 0 heterocycles. The fraction of sp³-hybridized carbons (Fsp3) is 0.278. The second-order valence-electron chi connectivity index (χ2n) is 5.08. The molecule has 1 amide bonds. The van der Waals surface area contributed by atoms with Crippen LogP contribution in [0.15, 0.2) is 42.5 Å². The lowest BCUT2D eigenvalue weighted by atomic mass is 10.1. The van der Waals surface area contributed by atoms with Crippen LogP contribution in [-0.2, 0) is 11.2 Å². The molecule has 4 nitrogen and oxygen atoms in total. The molecule has 0 aliphatic rings. The van der Waals surface area contributed by atoms with Crippen molar-refractivity contribution in [3.63, 3.8) is 0 Å². The Morgan fingerprint density at radius 3 is 2.27 bits per heavy atom. The summed E-state index contributed by atoms with van der Waals surface area (Å²) in [7, 11) is 3.23. The van der Waals surface area contributed by atoms with Crippen LogP contribution < -0.4 is 14.8 Å². The molecular formula is C18H21NO3. The van der Waals surface area contributed by atoms with Crippen LogP contribution in [0.3, 0.4) is 0 Å². The molecule has 0 aromatic heterocycles. The number of carbonyl (C=O) groups excluding carboxylic acids is 1. The lowest BCUT2D eigenvalue weighted by Crippen LogP contribution is -2.13. The van der Waals surface area contributed by atoms with Gasteiger partial charge in [-0.25, -0.2) is 0 Å². The summed E-state index contributed by atoms with van der Waals surface area (Å²) in [5.74, 6) is 1.46. The van der Waals surface area contributed by atoms with E-state index in [1.165, 1.54) is 0 Å². The van der Waals surface area contributed by atoms with Gasteiger partial charge < -0.3 is 14.8 Å². The lowest BCUT2D eigenvalue weighted by Gasteiger charge is -2.10. The zero-order valence-corrected chi connectivity index (χ0v) is 13.2. The molecule has 0 unspecified atom stereocenters. The zero-order valence-electron chi connectivity index (χ0n) is 13.2. The molecule has 4 heteroatoms. The number of amides is 1. The van der Waals surface area contributed by atoms with Crippen LogP contribution in [0, 0.1) is 6.92 Å². The molecule has 0 fully saturated rings. The van der Waals surface area contributed by atoms with Crippen LogP contribution in [0.5, 0.6) is 11.5 Å². The van der Waals surface area contributed by atoms with Crippen molar-refractivity contribution < 1.29 is 14.3 Å². The minimum Gasteiger partial charge on any atom is -0.497 e. The second kappa shape index (κ2) is 7.50. The Kier molecular flexibility index (Phi) is 5.42. The van der Waals surface area contributed by atoms with Gasteiger partial charge in [-0.2, -0.15) is 0 Å². The monoisotopic (exact) mass is 299 g/mol. The number of aryl methyl sites for hydroxylation is 2. The number of anilines is 1. The predicted molar refractivity (Wildman–Crippen MR) is 87.7 cm³/mol. The Morgan fingerprint density at radius 2 is 1.68 bits per heavy atom. The van der Waals surface area contributed by atoms with Gasteiger partial charge in [0.05, 0.1) is 14.2 Å². The number of hydrogen-bond donors (Lipinski definition) is 1. The molecule has 2 rings (SSSR count). The first-order valence-electron chi connectivity index (χ1n) is 7.20. The highest BCUT2D eigenvalue weighted by Gasteiger charge is 2.07. The van der Waals surface area contributed by atoms with Crippen molar-refractivity contribution >= 4 is 11.6 Å². The van der Waals surface area contributed by atoms with Crippen molar-refractivity contribution in [2.75, 3.05) is 19.5 Å². The highest BCUT2D eigenvalue weighted by atomic mass is 16.5. The summed E-state index contributed by atoms with van der Waals surface area (Å²) in [4.78, 5) is 12.1. The van der Waals surface area contributed by atoms with Gasteiger partial charge in [-0.1, -0.05) is 18.2 Å². The van der Waals surface area contributed by atoms with Crippen molar-refractivity contribution in [1.82, 2.24) is 0 Å². The van der Waals surface area contributed by atoms with E-state index >= 15 is 0 Å². The fourth-order valence-electron chi connectivity index (χ4n) is 2.19. The van der Waals surface area contributed by atoms with Gasteiger partial charge in [0.2, 0.25) is 5.91 Å². The maximum absolute atomic E-state index is 12.1. The maximum atomic E-state index is 12.1. The van der Waals surface area contributed by atoms with Crippen LogP contribution in [0.1, 0.15) is 17.5 Å². The van der Waals surface area contributed by atoms with Crippen LogP contribution in [-0.4, -0.2) is 20.1 Å². The summed E-state index contributed by atoms with van der Waals surface area (Å²) in [6, 6.07) is 13.4. The summed E-state index contributed by atoms with van der Waals surface area (Å²) in [5.41, 5.74) is 2.92. The van der Waals surface area contributed by atoms with E-state index in [9.17, 15) is 4.79 Å². The Balaban J connectivity index is 1.98. The third kappa shape index (κ3) is 4.25. The van der Waals surface area contributed by atoms with Gasteiger partial charge in [-0.05, 0) is 42.7 Å². The molecule has 2 aromatic rings. The summed E-state index contributed by atoms with van der Waals surface area (Å²) in [6.45, 7) is 1.97. The normalized spacial score (nSPS) is 10.1. The third-order valence-electron chi connectivity index (χ3n) is 3.47. The molecular weight excluding hydrogens is 278 g/mol. The molecule has 0 atom stereocenters. The summed E-state index contributed by atoms with van der Waals surface area (Å²) >= 11 is 0. The number of nitrogens with one attached hydrogen (secondary N) is 1. The van der Waals surface area contributed by atoms with E-state index in [0.29, 0.717) is 12.8 Å². The minimum absolute atomic E-state index is 0.00362. The number of para-hydroxylation sites is 1. The number of ether oxygens (including phenoxy) is 2. The largest absolute Gasteiger partial charge is 0.497 e. The van der Waals surface area contributed by atoms with Gasteiger partial charge in [0.15, 0.2) is 0 Å². The quantitative estimate of drug-likeness (QED) is 0.887. The van der Waals surface area contributed by atoms with E-state index in [1.807, 2.05) is 49.4 Å². The minimum atomic E-state index is -0.00362. The van der Waals surface area contributed by atoms with Gasteiger partial charge >= 0.3 is 0 Å². The topological polar surface area (TPSA) is 47.6 Å². The van der Waals surface area contributed by atoms with E-state index in [0.717, 1.165) is 28.3 Å². The average molecular weight is 299 g/mol. The standard InChI is InChI=1S/C18H21NO3/c1-13-6-4-5-7-17(13)19-18(20)9-8-14-10-15(21-2)12-16(11-14)22-3/h4-7,10-12H,8-9H2,1-3H3,(H,19,20). The molecule has 2 aromatic carbocycles. The number of rotatable bonds is 6. The Bertz CT molecular complexity index is 630. The van der Waals surface area contributed by atoms with Crippen molar-refractivity contribution in [3.05, 3.63) is 53.6 Å². The van der Waals surface area contributed by atoms with E-state index in [1.54, 1.807) is 14.2 Å². The molecule has 1 N–H and O–H groups in total. The van der Waals surface area contributed by atoms with Crippen LogP contribution in [0.25, 0.3) is 0 Å². The van der Waals surface area contributed by atoms with Crippen molar-refractivity contribution in [2.24, 2.45) is 0 Å². The molecule has 0 saturated carbocycles. The number of methoxy groups -OCH3 is 2. The van der Waals surface area contributed by atoms with E-state index in [2.05, 4.69) is 5.32 Å². The van der Waals surface area contributed by atoms with Crippen molar-refractivity contribution in [2.45, 2.75) is 19.8 Å². The second-order valence-corrected chi connectivity index (χ2v) is 5.08. The molecule has 0 spiro atoms. The fourth-order valence-corrected chi connectivity index (χ4v) is 2.19. The van der Waals surface area contributed by atoms with Gasteiger partial charge in [-0.15, -0.1) is 0 Å². The first-order valence-corrected chi connectivity index (χ1v) is 7.20. The van der Waals surface area contributed by atoms with E-state index in [4.69, 9.17) is 9.47 Å². The Labute approximate surface area is 131 Å². The smallest absolute Gasteiger partial charge is 0.224 e. The average Bonchev–Trinajstić information content (AvgIpc) is 2.54. The maximum Gasteiger partial charge on any atom is 0.224 e. The predicted octanol–water partition coefficient (Wildman–Crippen LogP) is 3.58. The summed E-state index contributed by atoms with van der Waals surface area (Å²) in [5, 5.41) is 2.94. The van der Waals surface area contributed by atoms with Gasteiger partial charge in [-0.3, -0.25) is 4.79 Å². The molecule has 0 saturated heterocycles. The van der Waals surface area contributed by atoms with Gasteiger partial charge in [0.25, 0.3) is 0 Å². The first kappa shape index (κ1) is 15.9. The van der Waals surface area contributed by atoms with E-state index < -0.39 is 0 Å². The molecule has 0 aliphatic carbocycles. The van der Waals surface area contributed by atoms with Crippen molar-refractivity contribution in [1.29, 1.82) is 0 Å². The number of carbonyl (C=O) groups is 1. The summed E-state index contributed by atoms with van der Waals surface area (Å²) in [6.07, 6.45) is 1.04. The van der Waals surface area contributed by atoms with Gasteiger partial charge in [0, 0.05) is 18.2 Å². The van der Waals surface area contributed by atoms with Crippen LogP contribution >= 0.6 is 0 Å². The van der Waals surface area contributed by atoms with E-state index in [-0.39, 0.29) is 5.91 Å². The highest BCUT2D eigenvalue weighted by Crippen LogP contribution is 2.23. The van der Waals surface area contributed by atoms with Crippen LogP contribution in [0.2, 0.25) is 0 Å². The molecule has 22 heavy (non-hydrogen) atoms. The van der Waals surface area contributed by atoms with Crippen molar-refractivity contribution in [3.8, 4) is 11.5 Å². The number of hydrogen-bond acceptors (Lipinski definition) is 3. The van der Waals surface area contributed by atoms with Crippen LogP contribution in [0.4, 0.5) is 5.69 Å². The molecule has 0 radical (unpaired) electrons. The molecule has 0 bridgehead atoms. The molecule has 0 aliphatic heterocycles.